The third kappa shape index (κ3) is 2.35. The van der Waals surface area contributed by atoms with E-state index in [4.69, 9.17) is 0 Å². The number of aromatic nitrogens is 2. The van der Waals surface area contributed by atoms with E-state index in [2.05, 4.69) is 42.8 Å². The van der Waals surface area contributed by atoms with Gasteiger partial charge in [0.1, 0.15) is 0 Å². The monoisotopic (exact) mass is 195 g/mol. The van der Waals surface area contributed by atoms with Gasteiger partial charge in [-0.25, -0.2) is 0 Å². The molecule has 3 nitrogen and oxygen atoms in total. The van der Waals surface area contributed by atoms with Crippen LogP contribution in [0.25, 0.3) is 0 Å². The molecule has 1 aromatic rings. The molecular weight excluding hydrogens is 174 g/mol. The lowest BCUT2D eigenvalue weighted by molar-refractivity contribution is 0.591. The van der Waals surface area contributed by atoms with Crippen LogP contribution in [-0.4, -0.2) is 16.3 Å². The average molecular weight is 195 g/mol. The molecule has 0 bridgehead atoms. The largest absolute Gasteiger partial charge is 0.313 e. The summed E-state index contributed by atoms with van der Waals surface area (Å²) in [6.07, 6.45) is 1.99. The summed E-state index contributed by atoms with van der Waals surface area (Å²) in [6.45, 7) is 11.6. The molecule has 0 aliphatic rings. The lowest BCUT2D eigenvalue weighted by Crippen LogP contribution is -2.14. The molecule has 0 aliphatic heterocycles. The summed E-state index contributed by atoms with van der Waals surface area (Å²) < 4.78 is 2.09. The van der Waals surface area contributed by atoms with E-state index in [1.54, 1.807) is 0 Å². The molecule has 1 aromatic heterocycles. The van der Waals surface area contributed by atoms with Crippen molar-refractivity contribution < 1.29 is 0 Å². The van der Waals surface area contributed by atoms with E-state index in [0.717, 1.165) is 19.6 Å². The van der Waals surface area contributed by atoms with Crippen LogP contribution in [0.1, 0.15) is 44.9 Å². The zero-order chi connectivity index (χ0) is 10.6. The van der Waals surface area contributed by atoms with Gasteiger partial charge in [0, 0.05) is 24.3 Å². The van der Waals surface area contributed by atoms with Crippen LogP contribution in [0.5, 0.6) is 0 Å². The van der Waals surface area contributed by atoms with Gasteiger partial charge in [-0.1, -0.05) is 20.8 Å². The molecule has 0 aliphatic carbocycles. The minimum Gasteiger partial charge on any atom is -0.313 e. The Hall–Kier alpha value is -0.830. The first-order valence-corrected chi connectivity index (χ1v) is 5.45. The van der Waals surface area contributed by atoms with E-state index < -0.39 is 0 Å². The zero-order valence-electron chi connectivity index (χ0n) is 9.67. The number of nitrogens with one attached hydrogen (secondary N) is 1. The Morgan fingerprint density at radius 3 is 2.64 bits per heavy atom. The van der Waals surface area contributed by atoms with Gasteiger partial charge >= 0.3 is 0 Å². The highest BCUT2D eigenvalue weighted by molar-refractivity contribution is 5.20. The van der Waals surface area contributed by atoms with E-state index >= 15 is 0 Å². The summed E-state index contributed by atoms with van der Waals surface area (Å²) in [6, 6.07) is 0. The molecule has 0 saturated heterocycles. The Bertz CT molecular complexity index is 276. The topological polar surface area (TPSA) is 29.9 Å². The molecule has 0 spiro atoms. The average Bonchev–Trinajstić information content (AvgIpc) is 2.57. The smallest absolute Gasteiger partial charge is 0.0537 e. The standard InChI is InChI=1S/C11H21N3/c1-5-12-7-10-8-13-14(6-2)11(10)9(3)4/h8-9,12H,5-7H2,1-4H3. The summed E-state index contributed by atoms with van der Waals surface area (Å²) >= 11 is 0. The van der Waals surface area contributed by atoms with Gasteiger partial charge in [0.25, 0.3) is 0 Å². The van der Waals surface area contributed by atoms with E-state index in [1.165, 1.54) is 11.3 Å². The maximum Gasteiger partial charge on any atom is 0.0537 e. The highest BCUT2D eigenvalue weighted by Crippen LogP contribution is 2.19. The number of rotatable bonds is 5. The van der Waals surface area contributed by atoms with Crippen molar-refractivity contribution in [3.8, 4) is 0 Å². The van der Waals surface area contributed by atoms with Gasteiger partial charge in [-0.05, 0) is 19.4 Å². The Morgan fingerprint density at radius 1 is 1.43 bits per heavy atom. The summed E-state index contributed by atoms with van der Waals surface area (Å²) in [4.78, 5) is 0. The quantitative estimate of drug-likeness (QED) is 0.780. The first-order valence-electron chi connectivity index (χ1n) is 5.45. The van der Waals surface area contributed by atoms with Crippen molar-refractivity contribution >= 4 is 0 Å². The maximum atomic E-state index is 4.39. The van der Waals surface area contributed by atoms with Gasteiger partial charge in [0.05, 0.1) is 6.20 Å². The van der Waals surface area contributed by atoms with Crippen LogP contribution in [0, 0.1) is 0 Å². The predicted molar refractivity (Wildman–Crippen MR) is 59.4 cm³/mol. The van der Waals surface area contributed by atoms with Gasteiger partial charge in [-0.3, -0.25) is 4.68 Å². The van der Waals surface area contributed by atoms with E-state index in [1.807, 2.05) is 6.20 Å². The number of aryl methyl sites for hydroxylation is 1. The first kappa shape index (κ1) is 11.2. The van der Waals surface area contributed by atoms with Crippen molar-refractivity contribution in [2.75, 3.05) is 6.54 Å². The van der Waals surface area contributed by atoms with Crippen molar-refractivity contribution in [3.05, 3.63) is 17.5 Å². The molecule has 0 saturated carbocycles. The summed E-state index contributed by atoms with van der Waals surface area (Å²) in [5.41, 5.74) is 2.71. The number of nitrogens with zero attached hydrogens (tertiary/aromatic N) is 2. The van der Waals surface area contributed by atoms with Crippen molar-refractivity contribution in [1.82, 2.24) is 15.1 Å². The number of hydrogen-bond acceptors (Lipinski definition) is 2. The summed E-state index contributed by atoms with van der Waals surface area (Å²) in [5.74, 6) is 0.547. The lowest BCUT2D eigenvalue weighted by atomic mass is 10.1. The molecule has 0 radical (unpaired) electrons. The van der Waals surface area contributed by atoms with Crippen LogP contribution in [-0.2, 0) is 13.1 Å². The molecule has 80 valence electrons. The zero-order valence-corrected chi connectivity index (χ0v) is 9.67. The molecule has 1 rings (SSSR count). The Morgan fingerprint density at radius 2 is 2.14 bits per heavy atom. The second kappa shape index (κ2) is 5.15. The van der Waals surface area contributed by atoms with Gasteiger partial charge < -0.3 is 5.32 Å². The van der Waals surface area contributed by atoms with E-state index in [-0.39, 0.29) is 0 Å². The highest BCUT2D eigenvalue weighted by atomic mass is 15.3. The van der Waals surface area contributed by atoms with Crippen LogP contribution in [0.2, 0.25) is 0 Å². The van der Waals surface area contributed by atoms with Crippen LogP contribution in [0.15, 0.2) is 6.20 Å². The first-order chi connectivity index (χ1) is 6.70. The third-order valence-electron chi connectivity index (χ3n) is 2.37. The van der Waals surface area contributed by atoms with Crippen LogP contribution in [0.3, 0.4) is 0 Å². The number of hydrogen-bond donors (Lipinski definition) is 1. The predicted octanol–water partition coefficient (Wildman–Crippen LogP) is 2.14. The third-order valence-corrected chi connectivity index (χ3v) is 2.37. The molecule has 14 heavy (non-hydrogen) atoms. The molecule has 0 fully saturated rings. The Balaban J connectivity index is 2.87. The second-order valence-electron chi connectivity index (χ2n) is 3.81. The maximum absolute atomic E-state index is 4.39. The molecule has 0 atom stereocenters. The molecule has 1 N–H and O–H groups in total. The summed E-state index contributed by atoms with van der Waals surface area (Å²) in [5, 5.41) is 7.73. The molecular formula is C11H21N3. The van der Waals surface area contributed by atoms with E-state index in [9.17, 15) is 0 Å². The van der Waals surface area contributed by atoms with Crippen LogP contribution >= 0.6 is 0 Å². The molecule has 0 aromatic carbocycles. The van der Waals surface area contributed by atoms with Gasteiger partial charge in [-0.15, -0.1) is 0 Å². The van der Waals surface area contributed by atoms with E-state index in [0.29, 0.717) is 5.92 Å². The van der Waals surface area contributed by atoms with Gasteiger partial charge in [0.2, 0.25) is 0 Å². The SMILES string of the molecule is CCNCc1cnn(CC)c1C(C)C. The fraction of sp³-hybridized carbons (Fsp3) is 0.727. The molecule has 0 amide bonds. The van der Waals surface area contributed by atoms with Crippen LogP contribution in [0.4, 0.5) is 0 Å². The molecule has 1 heterocycles. The fourth-order valence-electron chi connectivity index (χ4n) is 1.75. The normalized spacial score (nSPS) is 11.2. The van der Waals surface area contributed by atoms with Crippen LogP contribution < -0.4 is 5.32 Å². The van der Waals surface area contributed by atoms with Crippen molar-refractivity contribution in [3.63, 3.8) is 0 Å². The van der Waals surface area contributed by atoms with Crippen molar-refractivity contribution in [1.29, 1.82) is 0 Å². The molecule has 3 heteroatoms. The van der Waals surface area contributed by atoms with Crippen molar-refractivity contribution in [2.45, 2.75) is 46.7 Å². The van der Waals surface area contributed by atoms with Gasteiger partial charge in [0.15, 0.2) is 0 Å². The minimum atomic E-state index is 0.547. The Kier molecular flexibility index (Phi) is 4.14. The highest BCUT2D eigenvalue weighted by Gasteiger charge is 2.12. The van der Waals surface area contributed by atoms with Gasteiger partial charge in [-0.2, -0.15) is 5.10 Å². The Labute approximate surface area is 86.5 Å². The lowest BCUT2D eigenvalue weighted by Gasteiger charge is -2.11. The minimum absolute atomic E-state index is 0.547. The van der Waals surface area contributed by atoms with Crippen molar-refractivity contribution in [2.24, 2.45) is 0 Å². The molecule has 0 unspecified atom stereocenters. The second-order valence-corrected chi connectivity index (χ2v) is 3.81. The summed E-state index contributed by atoms with van der Waals surface area (Å²) in [7, 11) is 0. The fourth-order valence-corrected chi connectivity index (χ4v) is 1.75.